The summed E-state index contributed by atoms with van der Waals surface area (Å²) in [6.07, 6.45) is 6.03. The largest absolute Gasteiger partial charge is 0.487 e. The van der Waals surface area contributed by atoms with E-state index in [9.17, 15) is 14.4 Å². The number of likely N-dealkylation sites (N-methyl/N-ethyl adjacent to an activating group) is 1. The third-order valence-electron chi connectivity index (χ3n) is 7.62. The maximum atomic E-state index is 13.1. The van der Waals surface area contributed by atoms with Crippen LogP contribution in [-0.2, 0) is 16.2 Å². The molecule has 12 heteroatoms. The zero-order valence-corrected chi connectivity index (χ0v) is 28.8. The Morgan fingerprint density at radius 1 is 0.918 bits per heavy atom. The minimum atomic E-state index is -0.454. The van der Waals surface area contributed by atoms with Gasteiger partial charge in [-0.1, -0.05) is 47.5 Å². The first-order valence-electron chi connectivity index (χ1n) is 15.2. The fourth-order valence-electron chi connectivity index (χ4n) is 4.97. The molecule has 0 spiro atoms. The van der Waals surface area contributed by atoms with Gasteiger partial charge in [-0.25, -0.2) is 4.98 Å². The molecule has 0 radical (unpaired) electrons. The lowest BCUT2D eigenvalue weighted by Crippen LogP contribution is -2.37. The van der Waals surface area contributed by atoms with Crippen molar-refractivity contribution in [3.05, 3.63) is 124 Å². The van der Waals surface area contributed by atoms with Crippen molar-refractivity contribution in [1.82, 2.24) is 15.3 Å². The van der Waals surface area contributed by atoms with Crippen LogP contribution in [0, 0.1) is 6.92 Å². The van der Waals surface area contributed by atoms with Gasteiger partial charge in [-0.3, -0.25) is 19.4 Å². The number of halogens is 2. The number of benzene rings is 3. The molecule has 0 unspecified atom stereocenters. The van der Waals surface area contributed by atoms with Crippen LogP contribution in [0.2, 0.25) is 10.0 Å². The molecule has 0 saturated heterocycles. The van der Waals surface area contributed by atoms with Crippen LogP contribution in [0.4, 0.5) is 17.1 Å². The Morgan fingerprint density at radius 2 is 1.65 bits per heavy atom. The maximum Gasteiger partial charge on any atom is 0.255 e. The fraction of sp³-hybridized carbons (Fsp3) is 0.162. The lowest BCUT2D eigenvalue weighted by atomic mass is 10.1. The number of aromatic nitrogens is 2. The van der Waals surface area contributed by atoms with Crippen LogP contribution >= 0.6 is 23.2 Å². The molecular formula is C37H34Cl2N6O4. The summed E-state index contributed by atoms with van der Waals surface area (Å²) in [5, 5.41) is 7.00. The van der Waals surface area contributed by atoms with E-state index in [1.54, 1.807) is 74.0 Å². The molecule has 2 heterocycles. The zero-order valence-electron chi connectivity index (χ0n) is 27.3. The summed E-state index contributed by atoms with van der Waals surface area (Å²) >= 11 is 13.3. The first-order chi connectivity index (χ1) is 23.5. The second-order valence-electron chi connectivity index (χ2n) is 11.3. The third-order valence-corrected chi connectivity index (χ3v) is 8.39. The topological polar surface area (TPSA) is 117 Å². The molecule has 0 fully saturated rings. The van der Waals surface area contributed by atoms with Gasteiger partial charge in [0, 0.05) is 78.2 Å². The molecule has 2 N–H and O–H groups in total. The highest BCUT2D eigenvalue weighted by molar-refractivity contribution is 6.38. The summed E-state index contributed by atoms with van der Waals surface area (Å²) in [6.45, 7) is 1.71. The van der Waals surface area contributed by atoms with Crippen molar-refractivity contribution in [3.8, 4) is 5.75 Å². The van der Waals surface area contributed by atoms with Crippen LogP contribution in [0.5, 0.6) is 5.75 Å². The minimum absolute atomic E-state index is 0.0409. The van der Waals surface area contributed by atoms with Gasteiger partial charge >= 0.3 is 0 Å². The van der Waals surface area contributed by atoms with Crippen LogP contribution in [0.25, 0.3) is 17.0 Å². The van der Waals surface area contributed by atoms with Crippen molar-refractivity contribution in [2.45, 2.75) is 13.5 Å². The monoisotopic (exact) mass is 696 g/mol. The molecule has 0 aliphatic heterocycles. The summed E-state index contributed by atoms with van der Waals surface area (Å²) < 4.78 is 6.20. The van der Waals surface area contributed by atoms with Gasteiger partial charge in [0.25, 0.3) is 5.91 Å². The van der Waals surface area contributed by atoms with Crippen LogP contribution in [0.1, 0.15) is 27.2 Å². The average Bonchev–Trinajstić information content (AvgIpc) is 3.10. The molecule has 2 aromatic heterocycles. The average molecular weight is 698 g/mol. The van der Waals surface area contributed by atoms with E-state index in [-0.39, 0.29) is 24.1 Å². The summed E-state index contributed by atoms with van der Waals surface area (Å²) in [4.78, 5) is 49.9. The molecule has 0 atom stereocenters. The van der Waals surface area contributed by atoms with Crippen molar-refractivity contribution < 1.29 is 19.1 Å². The van der Waals surface area contributed by atoms with Crippen LogP contribution < -0.4 is 25.2 Å². The summed E-state index contributed by atoms with van der Waals surface area (Å²) in [7, 11) is 5.52. The highest BCUT2D eigenvalue weighted by Crippen LogP contribution is 2.36. The predicted octanol–water partition coefficient (Wildman–Crippen LogP) is 6.93. The Hall–Kier alpha value is -5.45. The lowest BCUT2D eigenvalue weighted by molar-refractivity contribution is -0.122. The normalized spacial score (nSPS) is 11.0. The number of amides is 3. The smallest absolute Gasteiger partial charge is 0.255 e. The molecule has 5 rings (SSSR count). The second-order valence-corrected chi connectivity index (χ2v) is 12.1. The number of nitrogens with one attached hydrogen (secondary N) is 2. The van der Waals surface area contributed by atoms with Crippen molar-refractivity contribution in [3.63, 3.8) is 0 Å². The molecular weight excluding hydrogens is 663 g/mol. The van der Waals surface area contributed by atoms with E-state index in [0.29, 0.717) is 38.8 Å². The summed E-state index contributed by atoms with van der Waals surface area (Å²) in [5.41, 5.74) is 5.34. The standard InChI is InChI=1S/C37H34Cl2N6O4/c1-23-20-31(44(2)3)27-6-5-7-32(36(27)42-23)49-22-28-29(38)13-14-30(35(28)39)45(4)34(47)21-41-33(46)15-10-24-8-11-26(12-9-24)43-37(48)25-16-18-40-19-17-25/h5-20H,21-22H2,1-4H3,(H,41,46)(H,43,48)/b15-10+. The van der Waals surface area contributed by atoms with Crippen LogP contribution in [-0.4, -0.2) is 55.4 Å². The van der Waals surface area contributed by atoms with Crippen molar-refractivity contribution in [2.75, 3.05) is 42.8 Å². The minimum Gasteiger partial charge on any atom is -0.487 e. The van der Waals surface area contributed by atoms with Gasteiger partial charge in [-0.05, 0) is 67.1 Å². The highest BCUT2D eigenvalue weighted by Gasteiger charge is 2.20. The molecule has 49 heavy (non-hydrogen) atoms. The number of carbonyl (C=O) groups excluding carboxylic acids is 3. The van der Waals surface area contributed by atoms with E-state index >= 15 is 0 Å². The molecule has 5 aromatic rings. The van der Waals surface area contributed by atoms with Gasteiger partial charge in [0.05, 0.1) is 17.3 Å². The molecule has 0 bridgehead atoms. The lowest BCUT2D eigenvalue weighted by Gasteiger charge is -2.21. The number of para-hydroxylation sites is 1. The fourth-order valence-corrected chi connectivity index (χ4v) is 5.58. The molecule has 3 aromatic carbocycles. The van der Waals surface area contributed by atoms with Gasteiger partial charge in [-0.2, -0.15) is 0 Å². The van der Waals surface area contributed by atoms with Gasteiger partial charge in [0.1, 0.15) is 17.9 Å². The van der Waals surface area contributed by atoms with E-state index in [4.69, 9.17) is 32.9 Å². The Labute approximate surface area is 294 Å². The number of carbonyl (C=O) groups is 3. The third kappa shape index (κ3) is 8.53. The first kappa shape index (κ1) is 34.9. The molecule has 0 aliphatic carbocycles. The Bertz CT molecular complexity index is 2040. The Balaban J connectivity index is 1.18. The van der Waals surface area contributed by atoms with Crippen LogP contribution in [0.3, 0.4) is 0 Å². The predicted molar refractivity (Wildman–Crippen MR) is 196 cm³/mol. The summed E-state index contributed by atoms with van der Waals surface area (Å²) in [5.74, 6) is -0.524. The first-order valence-corrected chi connectivity index (χ1v) is 16.0. The maximum absolute atomic E-state index is 13.1. The van der Waals surface area contributed by atoms with Crippen molar-refractivity contribution in [2.24, 2.45) is 0 Å². The number of anilines is 3. The van der Waals surface area contributed by atoms with Gasteiger partial charge in [-0.15, -0.1) is 0 Å². The Morgan fingerprint density at radius 3 is 2.37 bits per heavy atom. The SMILES string of the molecule is Cc1cc(N(C)C)c2cccc(OCc3c(Cl)ccc(N(C)C(=O)CNC(=O)/C=C/c4ccc(NC(=O)c5ccncc5)cc4)c3Cl)c2n1. The number of fused-ring (bicyclic) bond motifs is 1. The van der Waals surface area contributed by atoms with Gasteiger partial charge in [0.2, 0.25) is 11.8 Å². The van der Waals surface area contributed by atoms with Crippen molar-refractivity contribution >= 4 is 75.0 Å². The Kier molecular flexibility index (Phi) is 11.1. The highest BCUT2D eigenvalue weighted by atomic mass is 35.5. The number of hydrogen-bond donors (Lipinski definition) is 2. The zero-order chi connectivity index (χ0) is 35.1. The molecule has 250 valence electrons. The van der Waals surface area contributed by atoms with E-state index in [1.165, 1.54) is 11.0 Å². The van der Waals surface area contributed by atoms with Crippen LogP contribution in [0.15, 0.2) is 91.3 Å². The van der Waals surface area contributed by atoms with Crippen molar-refractivity contribution in [1.29, 1.82) is 0 Å². The van der Waals surface area contributed by atoms with E-state index < -0.39 is 11.8 Å². The number of aryl methyl sites for hydroxylation is 1. The molecule has 0 saturated carbocycles. The second kappa shape index (κ2) is 15.6. The van der Waals surface area contributed by atoms with E-state index in [1.807, 2.05) is 50.2 Å². The number of nitrogens with zero attached hydrogens (tertiary/aromatic N) is 4. The molecule has 10 nitrogen and oxygen atoms in total. The van der Waals surface area contributed by atoms with E-state index in [0.717, 1.165) is 22.3 Å². The number of pyridine rings is 2. The van der Waals surface area contributed by atoms with Gasteiger partial charge < -0.3 is 25.2 Å². The van der Waals surface area contributed by atoms with E-state index in [2.05, 4.69) is 15.6 Å². The quantitative estimate of drug-likeness (QED) is 0.144. The number of hydrogen-bond acceptors (Lipinski definition) is 7. The van der Waals surface area contributed by atoms with Gasteiger partial charge in [0.15, 0.2) is 0 Å². The summed E-state index contributed by atoms with van der Waals surface area (Å²) in [6, 6.07) is 21.3. The molecule has 0 aliphatic rings. The number of rotatable bonds is 11. The molecule has 3 amide bonds. The number of ether oxygens (including phenoxy) is 1.